The molecule has 0 bridgehead atoms. The van der Waals surface area contributed by atoms with Crippen LogP contribution in [0, 0.1) is 0 Å². The number of aliphatic imine (C=N–C) groups is 1. The molecule has 0 aliphatic carbocycles. The maximum Gasteiger partial charge on any atom is 0.265 e. The van der Waals surface area contributed by atoms with Gasteiger partial charge in [-0.2, -0.15) is 0 Å². The molecule has 2 fully saturated rings. The highest BCUT2D eigenvalue weighted by Gasteiger charge is 2.32. The topological polar surface area (TPSA) is 86.4 Å². The number of amides is 1. The zero-order valence-corrected chi connectivity index (χ0v) is 17.7. The van der Waals surface area contributed by atoms with Gasteiger partial charge in [-0.3, -0.25) is 4.79 Å². The molecule has 8 heteroatoms. The van der Waals surface area contributed by atoms with Gasteiger partial charge >= 0.3 is 0 Å². The third kappa shape index (κ3) is 4.83. The lowest BCUT2D eigenvalue weighted by molar-refractivity contribution is -0.120. The smallest absolute Gasteiger partial charge is 0.265 e. The summed E-state index contributed by atoms with van der Waals surface area (Å²) in [6.45, 7) is 5.66. The molecular formula is C22H32N6O2. The number of amidine groups is 1. The van der Waals surface area contributed by atoms with Crippen LogP contribution in [-0.2, 0) is 16.1 Å². The standard InChI is InChI=1S/C22H32N6O2/c1-26-11-5-8-18(26)16-30-22-25-20(27-12-9-24-10-13-27)14-19(21(23)29)28(22)15-17-6-3-2-4-7-17/h2-4,6-7,14,18,22,24H,5,8-13,15-16H2,1H3,(H2,23,29)/t18-,22?/m0/s1. The van der Waals surface area contributed by atoms with Crippen LogP contribution < -0.4 is 11.1 Å². The van der Waals surface area contributed by atoms with Crippen molar-refractivity contribution in [1.82, 2.24) is 20.0 Å². The Labute approximate surface area is 178 Å². The summed E-state index contributed by atoms with van der Waals surface area (Å²) in [6.07, 6.45) is 3.55. The first kappa shape index (κ1) is 20.8. The molecule has 1 unspecified atom stereocenters. The molecule has 0 spiro atoms. The first-order chi connectivity index (χ1) is 14.6. The summed E-state index contributed by atoms with van der Waals surface area (Å²) in [4.78, 5) is 23.7. The Kier molecular flexibility index (Phi) is 6.66. The maximum absolute atomic E-state index is 12.4. The van der Waals surface area contributed by atoms with E-state index in [1.165, 1.54) is 6.42 Å². The number of hydrogen-bond acceptors (Lipinski definition) is 7. The van der Waals surface area contributed by atoms with Gasteiger partial charge < -0.3 is 30.5 Å². The second-order valence-electron chi connectivity index (χ2n) is 8.17. The molecule has 3 N–H and O–H groups in total. The number of likely N-dealkylation sites (N-methyl/N-ethyl adjacent to an activating group) is 1. The SMILES string of the molecule is CN1CCC[C@H]1COC1N=C(N2CCNCC2)C=C(C(N)=O)N1Cc1ccccc1. The van der Waals surface area contributed by atoms with Gasteiger partial charge in [0.2, 0.25) is 6.35 Å². The van der Waals surface area contributed by atoms with Crippen LogP contribution >= 0.6 is 0 Å². The largest absolute Gasteiger partial charge is 0.364 e. The molecule has 2 atom stereocenters. The Morgan fingerprint density at radius 1 is 1.23 bits per heavy atom. The van der Waals surface area contributed by atoms with E-state index in [1.54, 1.807) is 0 Å². The maximum atomic E-state index is 12.4. The number of primary amides is 1. The van der Waals surface area contributed by atoms with Crippen molar-refractivity contribution in [3.8, 4) is 0 Å². The van der Waals surface area contributed by atoms with Crippen molar-refractivity contribution in [2.75, 3.05) is 46.4 Å². The molecule has 30 heavy (non-hydrogen) atoms. The average Bonchev–Trinajstić information content (AvgIpc) is 3.18. The van der Waals surface area contributed by atoms with Gasteiger partial charge in [0, 0.05) is 44.8 Å². The van der Waals surface area contributed by atoms with Crippen molar-refractivity contribution in [3.05, 3.63) is 47.7 Å². The molecule has 8 nitrogen and oxygen atoms in total. The number of carbonyl (C=O) groups excluding carboxylic acids is 1. The Balaban J connectivity index is 1.59. The van der Waals surface area contributed by atoms with Crippen LogP contribution in [0.4, 0.5) is 0 Å². The average molecular weight is 413 g/mol. The highest BCUT2D eigenvalue weighted by molar-refractivity contribution is 6.03. The van der Waals surface area contributed by atoms with Crippen LogP contribution in [-0.4, -0.2) is 85.2 Å². The fraction of sp³-hybridized carbons (Fsp3) is 0.545. The van der Waals surface area contributed by atoms with Crippen molar-refractivity contribution < 1.29 is 9.53 Å². The molecule has 4 rings (SSSR count). The van der Waals surface area contributed by atoms with E-state index < -0.39 is 12.3 Å². The summed E-state index contributed by atoms with van der Waals surface area (Å²) in [5.74, 6) is 0.319. The molecule has 3 aliphatic heterocycles. The number of benzene rings is 1. The van der Waals surface area contributed by atoms with Gasteiger partial charge in [-0.1, -0.05) is 30.3 Å². The van der Waals surface area contributed by atoms with Gasteiger partial charge in [-0.25, -0.2) is 4.99 Å². The summed E-state index contributed by atoms with van der Waals surface area (Å²) >= 11 is 0. The number of nitrogens with two attached hydrogens (primary N) is 1. The predicted molar refractivity (Wildman–Crippen MR) is 117 cm³/mol. The summed E-state index contributed by atoms with van der Waals surface area (Å²) in [5.41, 5.74) is 7.34. The molecule has 1 amide bonds. The van der Waals surface area contributed by atoms with Gasteiger partial charge in [-0.15, -0.1) is 0 Å². The summed E-state index contributed by atoms with van der Waals surface area (Å²) in [7, 11) is 2.13. The van der Waals surface area contributed by atoms with Gasteiger partial charge in [-0.05, 0) is 32.0 Å². The number of piperazine rings is 1. The first-order valence-corrected chi connectivity index (χ1v) is 10.8. The van der Waals surface area contributed by atoms with Crippen molar-refractivity contribution in [2.24, 2.45) is 10.7 Å². The van der Waals surface area contributed by atoms with E-state index in [4.69, 9.17) is 15.5 Å². The third-order valence-electron chi connectivity index (χ3n) is 6.08. The quantitative estimate of drug-likeness (QED) is 0.711. The minimum absolute atomic E-state index is 0.379. The number of likely N-dealkylation sites (tertiary alicyclic amines) is 1. The fourth-order valence-electron chi connectivity index (χ4n) is 4.28. The number of nitrogens with one attached hydrogen (secondary N) is 1. The lowest BCUT2D eigenvalue weighted by Crippen LogP contribution is -2.50. The minimum atomic E-state index is -0.573. The van der Waals surface area contributed by atoms with Crippen molar-refractivity contribution in [3.63, 3.8) is 0 Å². The second-order valence-corrected chi connectivity index (χ2v) is 8.17. The molecule has 162 valence electrons. The van der Waals surface area contributed by atoms with Gasteiger partial charge in [0.05, 0.1) is 6.61 Å². The van der Waals surface area contributed by atoms with Crippen LogP contribution in [0.1, 0.15) is 18.4 Å². The highest BCUT2D eigenvalue weighted by atomic mass is 16.5. The lowest BCUT2D eigenvalue weighted by atomic mass is 10.1. The van der Waals surface area contributed by atoms with E-state index >= 15 is 0 Å². The van der Waals surface area contributed by atoms with Crippen LogP contribution in [0.3, 0.4) is 0 Å². The monoisotopic (exact) mass is 412 g/mol. The zero-order chi connectivity index (χ0) is 20.9. The summed E-state index contributed by atoms with van der Waals surface area (Å²) in [5, 5.41) is 3.35. The molecule has 0 aromatic heterocycles. The van der Waals surface area contributed by atoms with Gasteiger partial charge in [0.15, 0.2) is 0 Å². The van der Waals surface area contributed by atoms with Crippen LogP contribution in [0.15, 0.2) is 47.1 Å². The normalized spacial score (nSPS) is 25.2. The molecular weight excluding hydrogens is 380 g/mol. The molecule has 0 radical (unpaired) electrons. The fourth-order valence-corrected chi connectivity index (χ4v) is 4.28. The number of hydrogen-bond donors (Lipinski definition) is 2. The van der Waals surface area contributed by atoms with E-state index in [0.717, 1.165) is 50.5 Å². The molecule has 3 heterocycles. The van der Waals surface area contributed by atoms with Gasteiger partial charge in [0.1, 0.15) is 11.5 Å². The van der Waals surface area contributed by atoms with E-state index in [9.17, 15) is 4.79 Å². The van der Waals surface area contributed by atoms with E-state index in [-0.39, 0.29) is 0 Å². The zero-order valence-electron chi connectivity index (χ0n) is 17.7. The molecule has 0 saturated carbocycles. The van der Waals surface area contributed by atoms with Crippen molar-refractivity contribution in [1.29, 1.82) is 0 Å². The Morgan fingerprint density at radius 2 is 2.00 bits per heavy atom. The minimum Gasteiger partial charge on any atom is -0.364 e. The lowest BCUT2D eigenvalue weighted by Gasteiger charge is -2.38. The van der Waals surface area contributed by atoms with Gasteiger partial charge in [0.25, 0.3) is 5.91 Å². The van der Waals surface area contributed by atoms with Crippen molar-refractivity contribution >= 4 is 11.7 Å². The molecule has 2 saturated heterocycles. The number of rotatable bonds is 6. The predicted octanol–water partition coefficient (Wildman–Crippen LogP) is 0.570. The number of carbonyl (C=O) groups is 1. The Hall–Kier alpha value is -2.42. The highest BCUT2D eigenvalue weighted by Crippen LogP contribution is 2.24. The summed E-state index contributed by atoms with van der Waals surface area (Å²) < 4.78 is 6.33. The summed E-state index contributed by atoms with van der Waals surface area (Å²) in [6, 6.07) is 10.4. The van der Waals surface area contributed by atoms with Crippen LogP contribution in [0.25, 0.3) is 0 Å². The Bertz CT molecular complexity index is 790. The van der Waals surface area contributed by atoms with Crippen molar-refractivity contribution in [2.45, 2.75) is 31.8 Å². The van der Waals surface area contributed by atoms with E-state index in [1.807, 2.05) is 41.3 Å². The van der Waals surface area contributed by atoms with E-state index in [2.05, 4.69) is 22.2 Å². The molecule has 1 aromatic carbocycles. The molecule has 3 aliphatic rings. The second kappa shape index (κ2) is 9.59. The number of nitrogens with zero attached hydrogens (tertiary/aromatic N) is 4. The van der Waals surface area contributed by atoms with Crippen LogP contribution in [0.5, 0.6) is 0 Å². The Morgan fingerprint density at radius 3 is 2.67 bits per heavy atom. The number of ether oxygens (including phenoxy) is 1. The first-order valence-electron chi connectivity index (χ1n) is 10.8. The van der Waals surface area contributed by atoms with Crippen LogP contribution in [0.2, 0.25) is 0 Å². The third-order valence-corrected chi connectivity index (χ3v) is 6.08. The molecule has 1 aromatic rings. The van der Waals surface area contributed by atoms with E-state index in [0.29, 0.717) is 24.9 Å².